The molecule has 1 aromatic rings. The Bertz CT molecular complexity index is 332. The summed E-state index contributed by atoms with van der Waals surface area (Å²) in [5.74, 6) is -0.971. The standard InChI is InChI=1S/C7H7ClN2O2S/c1-13-7-9-3-4(6(11)12)5(2-8)10-7/h3H,2H2,1H3,(H,11,12). The Morgan fingerprint density at radius 1 is 1.77 bits per heavy atom. The van der Waals surface area contributed by atoms with Crippen LogP contribution in [0.25, 0.3) is 0 Å². The summed E-state index contributed by atoms with van der Waals surface area (Å²) in [6.45, 7) is 0. The van der Waals surface area contributed by atoms with E-state index in [0.29, 0.717) is 10.9 Å². The second-order valence-electron chi connectivity index (χ2n) is 2.16. The molecule has 1 rings (SSSR count). The van der Waals surface area contributed by atoms with E-state index in [1.54, 1.807) is 0 Å². The smallest absolute Gasteiger partial charge is 0.339 e. The fourth-order valence-electron chi connectivity index (χ4n) is 0.778. The summed E-state index contributed by atoms with van der Waals surface area (Å²) in [5.41, 5.74) is 0.418. The minimum Gasteiger partial charge on any atom is -0.478 e. The molecule has 4 nitrogen and oxygen atoms in total. The minimum atomic E-state index is -1.05. The predicted molar refractivity (Wildman–Crippen MR) is 50.3 cm³/mol. The van der Waals surface area contributed by atoms with Crippen molar-refractivity contribution in [2.45, 2.75) is 11.0 Å². The van der Waals surface area contributed by atoms with Gasteiger partial charge in [0.05, 0.1) is 11.6 Å². The lowest BCUT2D eigenvalue weighted by Gasteiger charge is -2.01. The van der Waals surface area contributed by atoms with Gasteiger partial charge in [0.25, 0.3) is 0 Å². The van der Waals surface area contributed by atoms with Crippen molar-refractivity contribution in [1.29, 1.82) is 0 Å². The van der Waals surface area contributed by atoms with Crippen LogP contribution in [0.5, 0.6) is 0 Å². The Morgan fingerprint density at radius 3 is 2.92 bits per heavy atom. The van der Waals surface area contributed by atoms with E-state index in [2.05, 4.69) is 9.97 Å². The molecule has 1 aromatic heterocycles. The van der Waals surface area contributed by atoms with Crippen LogP contribution in [0, 0.1) is 0 Å². The van der Waals surface area contributed by atoms with E-state index in [1.807, 2.05) is 6.26 Å². The predicted octanol–water partition coefficient (Wildman–Crippen LogP) is 1.64. The number of hydrogen-bond donors (Lipinski definition) is 1. The molecule has 1 N–H and O–H groups in total. The zero-order valence-corrected chi connectivity index (χ0v) is 8.39. The molecule has 0 aromatic carbocycles. The first-order valence-electron chi connectivity index (χ1n) is 3.38. The Hall–Kier alpha value is -0.810. The Labute approximate surface area is 84.3 Å². The van der Waals surface area contributed by atoms with Gasteiger partial charge in [0.15, 0.2) is 5.16 Å². The minimum absolute atomic E-state index is 0.0628. The highest BCUT2D eigenvalue weighted by Crippen LogP contribution is 2.13. The molecule has 0 saturated heterocycles. The molecule has 0 spiro atoms. The summed E-state index contributed by atoms with van der Waals surface area (Å²) >= 11 is 6.89. The molecule has 0 unspecified atom stereocenters. The molecule has 6 heteroatoms. The molecule has 0 saturated carbocycles. The zero-order valence-electron chi connectivity index (χ0n) is 6.82. The maximum Gasteiger partial charge on any atom is 0.339 e. The van der Waals surface area contributed by atoms with Gasteiger partial charge >= 0.3 is 5.97 Å². The molecule has 0 radical (unpaired) electrons. The van der Waals surface area contributed by atoms with Gasteiger partial charge in [0.2, 0.25) is 0 Å². The molecule has 0 bridgehead atoms. The largest absolute Gasteiger partial charge is 0.478 e. The van der Waals surface area contributed by atoms with Gasteiger partial charge in [-0.3, -0.25) is 0 Å². The number of carboxylic acids is 1. The molecule has 0 aliphatic rings. The third kappa shape index (κ3) is 2.32. The highest BCUT2D eigenvalue weighted by molar-refractivity contribution is 7.98. The van der Waals surface area contributed by atoms with E-state index in [0.717, 1.165) is 0 Å². The average molecular weight is 219 g/mol. The molecule has 0 aliphatic heterocycles. The first kappa shape index (κ1) is 10.3. The van der Waals surface area contributed by atoms with Gasteiger partial charge in [-0.05, 0) is 6.26 Å². The van der Waals surface area contributed by atoms with Crippen LogP contribution in [0.4, 0.5) is 0 Å². The molecule has 1 heterocycles. The Morgan fingerprint density at radius 2 is 2.46 bits per heavy atom. The zero-order chi connectivity index (χ0) is 9.84. The summed E-state index contributed by atoms with van der Waals surface area (Å²) in [4.78, 5) is 18.4. The summed E-state index contributed by atoms with van der Waals surface area (Å²) in [5, 5.41) is 9.24. The van der Waals surface area contributed by atoms with Crippen molar-refractivity contribution in [2.24, 2.45) is 0 Å². The van der Waals surface area contributed by atoms with Crippen LogP contribution in [0.1, 0.15) is 16.1 Å². The number of carboxylic acid groups (broad SMARTS) is 1. The van der Waals surface area contributed by atoms with Gasteiger partial charge in [0, 0.05) is 6.20 Å². The second-order valence-corrected chi connectivity index (χ2v) is 3.20. The molecular weight excluding hydrogens is 212 g/mol. The average Bonchev–Trinajstić information content (AvgIpc) is 2.16. The van der Waals surface area contributed by atoms with Gasteiger partial charge in [-0.2, -0.15) is 0 Å². The molecular formula is C7H7ClN2O2S. The Kier molecular flexibility index (Phi) is 3.50. The highest BCUT2D eigenvalue weighted by Gasteiger charge is 2.11. The van der Waals surface area contributed by atoms with Gasteiger partial charge in [-0.1, -0.05) is 11.8 Å². The van der Waals surface area contributed by atoms with E-state index in [9.17, 15) is 4.79 Å². The molecule has 13 heavy (non-hydrogen) atoms. The van der Waals surface area contributed by atoms with Crippen LogP contribution in [0.15, 0.2) is 11.4 Å². The van der Waals surface area contributed by atoms with Crippen LogP contribution < -0.4 is 0 Å². The van der Waals surface area contributed by atoms with Crippen LogP contribution in [-0.4, -0.2) is 27.3 Å². The summed E-state index contributed by atoms with van der Waals surface area (Å²) in [7, 11) is 0. The van der Waals surface area contributed by atoms with Gasteiger partial charge in [0.1, 0.15) is 5.56 Å². The lowest BCUT2D eigenvalue weighted by Crippen LogP contribution is -2.05. The topological polar surface area (TPSA) is 63.1 Å². The molecule has 0 atom stereocenters. The molecule has 0 aliphatic carbocycles. The second kappa shape index (κ2) is 4.43. The van der Waals surface area contributed by atoms with Crippen molar-refractivity contribution in [3.8, 4) is 0 Å². The monoisotopic (exact) mass is 218 g/mol. The quantitative estimate of drug-likeness (QED) is 0.475. The summed E-state index contributed by atoms with van der Waals surface area (Å²) in [6.07, 6.45) is 3.09. The number of nitrogens with zero attached hydrogens (tertiary/aromatic N) is 2. The van der Waals surface area contributed by atoms with E-state index < -0.39 is 5.97 Å². The number of hydrogen-bond acceptors (Lipinski definition) is 4. The number of alkyl halides is 1. The number of aromatic nitrogens is 2. The van der Waals surface area contributed by atoms with Crippen molar-refractivity contribution in [3.05, 3.63) is 17.5 Å². The number of aromatic carboxylic acids is 1. The fourth-order valence-corrected chi connectivity index (χ4v) is 1.34. The van der Waals surface area contributed by atoms with Crippen LogP contribution >= 0.6 is 23.4 Å². The molecule has 0 amide bonds. The SMILES string of the molecule is CSc1ncc(C(=O)O)c(CCl)n1. The van der Waals surface area contributed by atoms with E-state index >= 15 is 0 Å². The normalized spacial score (nSPS) is 10.0. The van der Waals surface area contributed by atoms with Crippen molar-refractivity contribution < 1.29 is 9.90 Å². The fraction of sp³-hybridized carbons (Fsp3) is 0.286. The Balaban J connectivity index is 3.15. The van der Waals surface area contributed by atoms with Crippen molar-refractivity contribution >= 4 is 29.3 Å². The van der Waals surface area contributed by atoms with Crippen LogP contribution in [0.3, 0.4) is 0 Å². The third-order valence-corrected chi connectivity index (χ3v) is 2.20. The third-order valence-electron chi connectivity index (χ3n) is 1.39. The lowest BCUT2D eigenvalue weighted by atomic mass is 10.2. The van der Waals surface area contributed by atoms with Crippen LogP contribution in [-0.2, 0) is 5.88 Å². The molecule has 70 valence electrons. The van der Waals surface area contributed by atoms with Gasteiger partial charge < -0.3 is 5.11 Å². The maximum absolute atomic E-state index is 10.6. The summed E-state index contributed by atoms with van der Waals surface area (Å²) < 4.78 is 0. The molecule has 0 fully saturated rings. The maximum atomic E-state index is 10.6. The highest BCUT2D eigenvalue weighted by atomic mass is 35.5. The summed E-state index contributed by atoms with van der Waals surface area (Å²) in [6, 6.07) is 0. The van der Waals surface area contributed by atoms with E-state index in [4.69, 9.17) is 16.7 Å². The number of halogens is 1. The van der Waals surface area contributed by atoms with Crippen molar-refractivity contribution in [3.63, 3.8) is 0 Å². The number of carbonyl (C=O) groups is 1. The first-order chi connectivity index (χ1) is 6.19. The number of thioether (sulfide) groups is 1. The lowest BCUT2D eigenvalue weighted by molar-refractivity contribution is 0.0694. The van der Waals surface area contributed by atoms with Crippen LogP contribution in [0.2, 0.25) is 0 Å². The van der Waals surface area contributed by atoms with E-state index in [-0.39, 0.29) is 11.4 Å². The van der Waals surface area contributed by atoms with Crippen molar-refractivity contribution in [2.75, 3.05) is 6.26 Å². The van der Waals surface area contributed by atoms with E-state index in [1.165, 1.54) is 18.0 Å². The van der Waals surface area contributed by atoms with Gasteiger partial charge in [-0.25, -0.2) is 14.8 Å². The van der Waals surface area contributed by atoms with Crippen molar-refractivity contribution in [1.82, 2.24) is 9.97 Å². The number of rotatable bonds is 3. The van der Waals surface area contributed by atoms with Gasteiger partial charge in [-0.15, -0.1) is 11.6 Å². The first-order valence-corrected chi connectivity index (χ1v) is 5.14.